The van der Waals surface area contributed by atoms with Gasteiger partial charge in [0.15, 0.2) is 0 Å². The van der Waals surface area contributed by atoms with Crippen LogP contribution in [0.25, 0.3) is 0 Å². The summed E-state index contributed by atoms with van der Waals surface area (Å²) in [6, 6.07) is 3.85. The van der Waals surface area contributed by atoms with E-state index in [1.165, 1.54) is 12.1 Å². The fourth-order valence-corrected chi connectivity index (χ4v) is 2.90. The Morgan fingerprint density at radius 2 is 1.76 bits per heavy atom. The second kappa shape index (κ2) is 7.29. The molecule has 0 bridgehead atoms. The Bertz CT molecular complexity index is 439. The van der Waals surface area contributed by atoms with Crippen LogP contribution in [0.4, 0.5) is 8.78 Å². The molecule has 1 fully saturated rings. The first kappa shape index (κ1) is 16.3. The third-order valence-electron chi connectivity index (χ3n) is 4.28. The second-order valence-corrected chi connectivity index (χ2v) is 6.04. The van der Waals surface area contributed by atoms with E-state index in [9.17, 15) is 13.9 Å². The second-order valence-electron chi connectivity index (χ2n) is 6.04. The van der Waals surface area contributed by atoms with E-state index in [1.807, 2.05) is 0 Å². The Balaban J connectivity index is 1.80. The minimum Gasteiger partial charge on any atom is -0.388 e. The number of nitrogens with zero attached hydrogens (tertiary/aromatic N) is 2. The number of likely N-dealkylation sites (tertiary alicyclic amines) is 1. The minimum atomic E-state index is -0.818. The molecule has 1 aliphatic heterocycles. The summed E-state index contributed by atoms with van der Waals surface area (Å²) in [4.78, 5) is 4.56. The van der Waals surface area contributed by atoms with E-state index >= 15 is 0 Å². The van der Waals surface area contributed by atoms with Crippen molar-refractivity contribution in [3.05, 3.63) is 35.4 Å². The van der Waals surface area contributed by atoms with Crippen molar-refractivity contribution in [3.8, 4) is 0 Å². The summed E-state index contributed by atoms with van der Waals surface area (Å²) in [5.41, 5.74) is 0.315. The number of aliphatic hydroxyl groups excluding tert-OH is 1. The minimum absolute atomic E-state index is 0.315. The lowest BCUT2D eigenvalue weighted by atomic mass is 10.0. The van der Waals surface area contributed by atoms with E-state index in [0.717, 1.165) is 38.5 Å². The lowest BCUT2D eigenvalue weighted by Gasteiger charge is -2.35. The molecule has 1 aromatic rings. The number of piperidine rings is 1. The van der Waals surface area contributed by atoms with Crippen LogP contribution in [0.1, 0.15) is 30.9 Å². The Morgan fingerprint density at radius 3 is 2.29 bits per heavy atom. The molecule has 1 heterocycles. The van der Waals surface area contributed by atoms with Crippen molar-refractivity contribution in [3.63, 3.8) is 0 Å². The van der Waals surface area contributed by atoms with Crippen LogP contribution in [0.3, 0.4) is 0 Å². The van der Waals surface area contributed by atoms with Crippen molar-refractivity contribution < 1.29 is 13.9 Å². The quantitative estimate of drug-likeness (QED) is 0.904. The predicted molar refractivity (Wildman–Crippen MR) is 79.1 cm³/mol. The van der Waals surface area contributed by atoms with Crippen molar-refractivity contribution in [1.29, 1.82) is 0 Å². The molecular formula is C16H24F2N2O. The van der Waals surface area contributed by atoms with Gasteiger partial charge in [0, 0.05) is 18.7 Å². The van der Waals surface area contributed by atoms with Gasteiger partial charge in [0.2, 0.25) is 0 Å². The van der Waals surface area contributed by atoms with Gasteiger partial charge in [0.1, 0.15) is 11.6 Å². The highest BCUT2D eigenvalue weighted by atomic mass is 19.1. The molecule has 1 atom stereocenters. The number of hydrogen-bond donors (Lipinski definition) is 1. The molecule has 21 heavy (non-hydrogen) atoms. The number of rotatable bonds is 5. The largest absolute Gasteiger partial charge is 0.388 e. The van der Waals surface area contributed by atoms with Gasteiger partial charge in [-0.15, -0.1) is 0 Å². The lowest BCUT2D eigenvalue weighted by molar-refractivity contribution is 0.110. The molecule has 1 aliphatic rings. The summed E-state index contributed by atoms with van der Waals surface area (Å²) in [6.07, 6.45) is 1.92. The third kappa shape index (κ3) is 4.73. The summed E-state index contributed by atoms with van der Waals surface area (Å²) in [7, 11) is 4.20. The fourth-order valence-electron chi connectivity index (χ4n) is 2.90. The van der Waals surface area contributed by atoms with Crippen molar-refractivity contribution in [2.75, 3.05) is 33.7 Å². The Kier molecular flexibility index (Phi) is 5.67. The van der Waals surface area contributed by atoms with Gasteiger partial charge in [-0.25, -0.2) is 8.78 Å². The Morgan fingerprint density at radius 1 is 1.19 bits per heavy atom. The molecule has 1 aromatic carbocycles. The highest BCUT2D eigenvalue weighted by molar-refractivity contribution is 5.20. The Hall–Kier alpha value is -1.04. The molecule has 0 saturated carbocycles. The van der Waals surface area contributed by atoms with Crippen LogP contribution >= 0.6 is 0 Å². The molecule has 1 saturated heterocycles. The average molecular weight is 298 g/mol. The van der Waals surface area contributed by atoms with Crippen LogP contribution < -0.4 is 0 Å². The zero-order valence-corrected chi connectivity index (χ0v) is 12.7. The molecular weight excluding hydrogens is 274 g/mol. The van der Waals surface area contributed by atoms with Crippen molar-refractivity contribution in [2.45, 2.75) is 31.4 Å². The van der Waals surface area contributed by atoms with Gasteiger partial charge in [-0.3, -0.25) is 0 Å². The predicted octanol–water partition coefficient (Wildman–Crippen LogP) is 2.41. The van der Waals surface area contributed by atoms with Crippen LogP contribution in [0.15, 0.2) is 18.2 Å². The van der Waals surface area contributed by atoms with Gasteiger partial charge < -0.3 is 14.9 Å². The number of halogens is 2. The summed E-state index contributed by atoms with van der Waals surface area (Å²) in [5.74, 6) is -1.29. The molecule has 0 spiro atoms. The zero-order valence-electron chi connectivity index (χ0n) is 12.7. The first-order valence-corrected chi connectivity index (χ1v) is 7.48. The molecule has 0 amide bonds. The SMILES string of the molecule is CN(C)C1CCN(CCC(O)c2cc(F)cc(F)c2)CC1. The topological polar surface area (TPSA) is 26.7 Å². The average Bonchev–Trinajstić information content (AvgIpc) is 2.44. The summed E-state index contributed by atoms with van der Waals surface area (Å²) in [6.45, 7) is 2.76. The Labute approximate surface area is 125 Å². The first-order valence-electron chi connectivity index (χ1n) is 7.48. The maximum absolute atomic E-state index is 13.1. The summed E-state index contributed by atoms with van der Waals surface area (Å²) in [5, 5.41) is 10.1. The molecule has 118 valence electrons. The van der Waals surface area contributed by atoms with Crippen molar-refractivity contribution >= 4 is 0 Å². The first-order chi connectivity index (χ1) is 9.95. The molecule has 3 nitrogen and oxygen atoms in total. The van der Waals surface area contributed by atoms with Gasteiger partial charge in [0.25, 0.3) is 0 Å². The molecule has 0 aromatic heterocycles. The monoisotopic (exact) mass is 298 g/mol. The van der Waals surface area contributed by atoms with Crippen LogP contribution in [-0.4, -0.2) is 54.7 Å². The van der Waals surface area contributed by atoms with Gasteiger partial charge in [-0.05, 0) is 64.1 Å². The van der Waals surface area contributed by atoms with E-state index in [2.05, 4.69) is 23.9 Å². The van der Waals surface area contributed by atoms with Crippen LogP contribution in [0.2, 0.25) is 0 Å². The molecule has 5 heteroatoms. The number of aliphatic hydroxyl groups is 1. The van der Waals surface area contributed by atoms with E-state index in [0.29, 0.717) is 18.0 Å². The van der Waals surface area contributed by atoms with Gasteiger partial charge in [-0.1, -0.05) is 0 Å². The highest BCUT2D eigenvalue weighted by Gasteiger charge is 2.21. The normalized spacial score (nSPS) is 19.1. The van der Waals surface area contributed by atoms with E-state index in [-0.39, 0.29) is 0 Å². The lowest BCUT2D eigenvalue weighted by Crippen LogP contribution is -2.42. The molecule has 1 unspecified atom stereocenters. The van der Waals surface area contributed by atoms with Crippen molar-refractivity contribution in [2.24, 2.45) is 0 Å². The van der Waals surface area contributed by atoms with Crippen LogP contribution in [0.5, 0.6) is 0 Å². The standard InChI is InChI=1S/C16H24F2N2O/c1-19(2)15-3-6-20(7-4-15)8-5-16(21)12-9-13(17)11-14(18)10-12/h9-11,15-16,21H,3-8H2,1-2H3. The summed E-state index contributed by atoms with van der Waals surface area (Å²) >= 11 is 0. The van der Waals surface area contributed by atoms with E-state index < -0.39 is 17.7 Å². The molecule has 0 aliphatic carbocycles. The van der Waals surface area contributed by atoms with E-state index in [4.69, 9.17) is 0 Å². The fraction of sp³-hybridized carbons (Fsp3) is 0.625. The third-order valence-corrected chi connectivity index (χ3v) is 4.28. The van der Waals surface area contributed by atoms with E-state index in [1.54, 1.807) is 0 Å². The maximum Gasteiger partial charge on any atom is 0.126 e. The highest BCUT2D eigenvalue weighted by Crippen LogP contribution is 2.21. The van der Waals surface area contributed by atoms with Gasteiger partial charge in [0.05, 0.1) is 6.10 Å². The summed E-state index contributed by atoms with van der Waals surface area (Å²) < 4.78 is 26.3. The number of benzene rings is 1. The van der Waals surface area contributed by atoms with Gasteiger partial charge in [-0.2, -0.15) is 0 Å². The van der Waals surface area contributed by atoms with Crippen molar-refractivity contribution in [1.82, 2.24) is 9.80 Å². The molecule has 0 radical (unpaired) electrons. The zero-order chi connectivity index (χ0) is 15.4. The van der Waals surface area contributed by atoms with Gasteiger partial charge >= 0.3 is 0 Å². The smallest absolute Gasteiger partial charge is 0.126 e. The van der Waals surface area contributed by atoms with Crippen LogP contribution in [0, 0.1) is 11.6 Å². The number of hydrogen-bond acceptors (Lipinski definition) is 3. The molecule has 2 rings (SSSR count). The maximum atomic E-state index is 13.1. The molecule has 1 N–H and O–H groups in total. The van der Waals surface area contributed by atoms with Crippen LogP contribution in [-0.2, 0) is 0 Å².